The molecule has 190 valence electrons. The lowest BCUT2D eigenvalue weighted by atomic mass is 9.68. The number of halogens is 6. The molecule has 1 saturated carbocycles. The summed E-state index contributed by atoms with van der Waals surface area (Å²) in [4.78, 5) is 19.6. The van der Waals surface area contributed by atoms with E-state index in [1.807, 2.05) is 19.0 Å². The van der Waals surface area contributed by atoms with Crippen molar-refractivity contribution in [2.75, 3.05) is 25.5 Å². The van der Waals surface area contributed by atoms with Crippen LogP contribution in [-0.4, -0.2) is 42.1 Å². The van der Waals surface area contributed by atoms with Gasteiger partial charge < -0.3 is 5.32 Å². The number of nitrogens with one attached hydrogen (secondary N) is 1. The topological polar surface area (TPSA) is 48.5 Å². The molecule has 0 unspecified atom stereocenters. The standard InChI is InChI=1S/C24H26F6N4O/c1-15-11-19(24(28,29)30)31-13-18(15)34-14-21(32-20(34)35)7-9-22(10-8-21,33(2)3)16-5-4-6-17(12-16)23(25,26)27/h4-6,11-13H,7-10,14H2,1-3H3,(H,32,35)/t21-,22+. The number of nitrogens with zero attached hydrogens (tertiary/aromatic N) is 3. The lowest BCUT2D eigenvalue weighted by Crippen LogP contribution is -2.54. The highest BCUT2D eigenvalue weighted by atomic mass is 19.4. The summed E-state index contributed by atoms with van der Waals surface area (Å²) in [5.74, 6) is 0. The van der Waals surface area contributed by atoms with Gasteiger partial charge >= 0.3 is 18.4 Å². The summed E-state index contributed by atoms with van der Waals surface area (Å²) in [6, 6.07) is 5.84. The number of hydrogen-bond donors (Lipinski definition) is 1. The summed E-state index contributed by atoms with van der Waals surface area (Å²) in [5, 5.41) is 2.99. The molecule has 11 heteroatoms. The number of aromatic nitrogens is 1. The molecular weight excluding hydrogens is 474 g/mol. The van der Waals surface area contributed by atoms with Crippen molar-refractivity contribution in [1.29, 1.82) is 0 Å². The Labute approximate surface area is 199 Å². The minimum atomic E-state index is -4.58. The molecule has 1 N–H and O–H groups in total. The van der Waals surface area contributed by atoms with Crippen LogP contribution in [0.3, 0.4) is 0 Å². The number of hydrogen-bond acceptors (Lipinski definition) is 3. The van der Waals surface area contributed by atoms with Crippen molar-refractivity contribution in [2.24, 2.45) is 0 Å². The Morgan fingerprint density at radius 3 is 2.20 bits per heavy atom. The minimum Gasteiger partial charge on any atom is -0.330 e. The zero-order chi connectivity index (χ0) is 25.8. The first-order valence-electron chi connectivity index (χ1n) is 11.2. The quantitative estimate of drug-likeness (QED) is 0.548. The molecule has 1 aliphatic heterocycles. The van der Waals surface area contributed by atoms with Crippen LogP contribution < -0.4 is 10.2 Å². The van der Waals surface area contributed by atoms with Crippen molar-refractivity contribution >= 4 is 11.7 Å². The van der Waals surface area contributed by atoms with Crippen LogP contribution in [0.25, 0.3) is 0 Å². The average molecular weight is 500 g/mol. The zero-order valence-corrected chi connectivity index (χ0v) is 19.5. The molecule has 2 heterocycles. The van der Waals surface area contributed by atoms with Crippen LogP contribution in [0, 0.1) is 6.92 Å². The van der Waals surface area contributed by atoms with Crippen LogP contribution in [-0.2, 0) is 17.9 Å². The Morgan fingerprint density at radius 2 is 1.66 bits per heavy atom. The highest BCUT2D eigenvalue weighted by molar-refractivity contribution is 5.96. The van der Waals surface area contributed by atoms with Gasteiger partial charge in [-0.15, -0.1) is 0 Å². The second kappa shape index (κ2) is 8.39. The van der Waals surface area contributed by atoms with Gasteiger partial charge in [0, 0.05) is 5.54 Å². The van der Waals surface area contributed by atoms with Crippen LogP contribution in [0.2, 0.25) is 0 Å². The van der Waals surface area contributed by atoms with Crippen LogP contribution >= 0.6 is 0 Å². The maximum Gasteiger partial charge on any atom is 0.433 e. The van der Waals surface area contributed by atoms with Crippen LogP contribution in [0.5, 0.6) is 0 Å². The van der Waals surface area contributed by atoms with Gasteiger partial charge in [0.25, 0.3) is 0 Å². The van der Waals surface area contributed by atoms with Crippen molar-refractivity contribution in [3.8, 4) is 0 Å². The fraction of sp³-hybridized carbons (Fsp3) is 0.500. The van der Waals surface area contributed by atoms with Gasteiger partial charge in [0.1, 0.15) is 5.69 Å². The summed E-state index contributed by atoms with van der Waals surface area (Å²) < 4.78 is 79.0. The predicted molar refractivity (Wildman–Crippen MR) is 118 cm³/mol. The molecule has 0 radical (unpaired) electrons. The van der Waals surface area contributed by atoms with Gasteiger partial charge in [-0.2, -0.15) is 26.3 Å². The van der Waals surface area contributed by atoms with E-state index in [1.165, 1.54) is 24.0 Å². The number of anilines is 1. The van der Waals surface area contributed by atoms with E-state index in [9.17, 15) is 31.1 Å². The van der Waals surface area contributed by atoms with E-state index < -0.39 is 40.7 Å². The van der Waals surface area contributed by atoms with Crippen molar-refractivity contribution in [3.63, 3.8) is 0 Å². The van der Waals surface area contributed by atoms with Crippen molar-refractivity contribution in [1.82, 2.24) is 15.2 Å². The SMILES string of the molecule is Cc1cc(C(F)(F)F)ncc1N1C[C@]2(CC[C@](c3cccc(C(F)(F)F)c3)(N(C)C)CC2)NC1=O. The molecule has 2 aromatic rings. The first kappa shape index (κ1) is 25.3. The number of alkyl halides is 6. The van der Waals surface area contributed by atoms with Gasteiger partial charge in [0.05, 0.1) is 29.5 Å². The van der Waals surface area contributed by atoms with Gasteiger partial charge in [-0.05, 0) is 76.0 Å². The molecule has 4 rings (SSSR count). The van der Waals surface area contributed by atoms with Crippen molar-refractivity contribution in [2.45, 2.75) is 56.0 Å². The summed E-state index contributed by atoms with van der Waals surface area (Å²) in [5.41, 5.74) is -1.86. The molecule has 1 saturated heterocycles. The predicted octanol–water partition coefficient (Wildman–Crippen LogP) is 5.73. The normalized spacial score (nSPS) is 25.4. The van der Waals surface area contributed by atoms with Crippen LogP contribution in [0.15, 0.2) is 36.5 Å². The Morgan fingerprint density at radius 1 is 1.00 bits per heavy atom. The van der Waals surface area contributed by atoms with E-state index >= 15 is 0 Å². The first-order valence-corrected chi connectivity index (χ1v) is 11.2. The molecule has 0 bridgehead atoms. The molecular formula is C24H26F6N4O. The minimum absolute atomic E-state index is 0.242. The highest BCUT2D eigenvalue weighted by Gasteiger charge is 2.51. The molecule has 1 spiro atoms. The monoisotopic (exact) mass is 500 g/mol. The number of carbonyl (C=O) groups is 1. The van der Waals surface area contributed by atoms with Gasteiger partial charge in [0.15, 0.2) is 0 Å². The molecule has 1 aliphatic carbocycles. The number of benzene rings is 1. The fourth-order valence-electron chi connectivity index (χ4n) is 5.29. The number of rotatable bonds is 3. The van der Waals surface area contributed by atoms with Crippen LogP contribution in [0.1, 0.15) is 48.1 Å². The van der Waals surface area contributed by atoms with E-state index in [1.54, 1.807) is 6.07 Å². The van der Waals surface area contributed by atoms with E-state index in [0.29, 0.717) is 36.9 Å². The Hall–Kier alpha value is -2.82. The first-order chi connectivity index (χ1) is 16.2. The summed E-state index contributed by atoms with van der Waals surface area (Å²) in [6.07, 6.45) is -5.98. The number of amides is 2. The third kappa shape index (κ3) is 4.57. The molecule has 2 amide bonds. The van der Waals surface area contributed by atoms with Crippen molar-refractivity contribution in [3.05, 3.63) is 58.9 Å². The molecule has 2 aliphatic rings. The maximum atomic E-state index is 13.3. The molecule has 2 fully saturated rings. The van der Waals surface area contributed by atoms with E-state index in [4.69, 9.17) is 0 Å². The summed E-state index contributed by atoms with van der Waals surface area (Å²) >= 11 is 0. The lowest BCUT2D eigenvalue weighted by molar-refractivity contribution is -0.141. The average Bonchev–Trinajstić information content (AvgIpc) is 3.08. The Balaban J connectivity index is 1.57. The molecule has 1 aromatic heterocycles. The molecule has 35 heavy (non-hydrogen) atoms. The van der Waals surface area contributed by atoms with Gasteiger partial charge in [-0.25, -0.2) is 9.78 Å². The smallest absolute Gasteiger partial charge is 0.330 e. The Kier molecular flexibility index (Phi) is 6.06. The molecule has 0 atom stereocenters. The number of urea groups is 1. The van der Waals surface area contributed by atoms with E-state index in [2.05, 4.69) is 10.3 Å². The van der Waals surface area contributed by atoms with Gasteiger partial charge in [0.2, 0.25) is 0 Å². The van der Waals surface area contributed by atoms with Gasteiger partial charge in [-0.3, -0.25) is 9.80 Å². The largest absolute Gasteiger partial charge is 0.433 e. The van der Waals surface area contributed by atoms with E-state index in [0.717, 1.165) is 18.3 Å². The second-order valence-corrected chi connectivity index (χ2v) is 9.65. The highest BCUT2D eigenvalue weighted by Crippen LogP contribution is 2.47. The lowest BCUT2D eigenvalue weighted by Gasteiger charge is -2.48. The molecule has 1 aromatic carbocycles. The third-order valence-corrected chi connectivity index (χ3v) is 7.36. The van der Waals surface area contributed by atoms with Gasteiger partial charge in [-0.1, -0.05) is 12.1 Å². The summed E-state index contributed by atoms with van der Waals surface area (Å²) in [7, 11) is 3.66. The summed E-state index contributed by atoms with van der Waals surface area (Å²) in [6.45, 7) is 1.74. The fourth-order valence-corrected chi connectivity index (χ4v) is 5.29. The maximum absolute atomic E-state index is 13.3. The number of aryl methyl sites for hydroxylation is 1. The van der Waals surface area contributed by atoms with Crippen molar-refractivity contribution < 1.29 is 31.1 Å². The number of carbonyl (C=O) groups excluding carboxylic acids is 1. The zero-order valence-electron chi connectivity index (χ0n) is 19.5. The van der Waals surface area contributed by atoms with E-state index in [-0.39, 0.29) is 12.1 Å². The van der Waals surface area contributed by atoms with Crippen LogP contribution in [0.4, 0.5) is 36.8 Å². The second-order valence-electron chi connectivity index (χ2n) is 9.65. The number of pyridine rings is 1. The Bertz CT molecular complexity index is 1120. The molecule has 5 nitrogen and oxygen atoms in total. The third-order valence-electron chi connectivity index (χ3n) is 7.36.